The molecule has 2 N–H and O–H groups in total. The van der Waals surface area contributed by atoms with Gasteiger partial charge in [-0.2, -0.15) is 0 Å². The van der Waals surface area contributed by atoms with Gasteiger partial charge >= 0.3 is 0 Å². The van der Waals surface area contributed by atoms with E-state index >= 15 is 0 Å². The van der Waals surface area contributed by atoms with E-state index in [9.17, 15) is 5.11 Å². The van der Waals surface area contributed by atoms with E-state index in [2.05, 4.69) is 33.0 Å². The fourth-order valence-electron chi connectivity index (χ4n) is 1.45. The molecule has 15 heavy (non-hydrogen) atoms. The molecule has 2 atom stereocenters. The van der Waals surface area contributed by atoms with Crippen molar-refractivity contribution in [3.05, 3.63) is 0 Å². The lowest BCUT2D eigenvalue weighted by Gasteiger charge is -2.23. The maximum Gasteiger partial charge on any atom is 0.0898 e. The Morgan fingerprint density at radius 2 is 2.00 bits per heavy atom. The lowest BCUT2D eigenvalue weighted by molar-refractivity contribution is -0.0113. The van der Waals surface area contributed by atoms with E-state index in [4.69, 9.17) is 4.74 Å². The van der Waals surface area contributed by atoms with Gasteiger partial charge in [0.2, 0.25) is 0 Å². The molecular formula is C12H25NO2. The molecule has 0 amide bonds. The minimum Gasteiger partial charge on any atom is -0.389 e. The van der Waals surface area contributed by atoms with Crippen molar-refractivity contribution >= 4 is 0 Å². The molecule has 0 aromatic rings. The molecule has 0 saturated heterocycles. The molecule has 0 radical (unpaired) electrons. The minimum absolute atomic E-state index is 0.0586. The van der Waals surface area contributed by atoms with Crippen molar-refractivity contribution < 1.29 is 9.84 Å². The molecular weight excluding hydrogens is 190 g/mol. The number of aliphatic hydroxyl groups excluding tert-OH is 1. The van der Waals surface area contributed by atoms with Crippen molar-refractivity contribution in [2.45, 2.75) is 58.3 Å². The van der Waals surface area contributed by atoms with Gasteiger partial charge in [0.25, 0.3) is 0 Å². The van der Waals surface area contributed by atoms with E-state index in [0.29, 0.717) is 19.3 Å². The molecule has 0 aliphatic heterocycles. The first-order valence-electron chi connectivity index (χ1n) is 5.93. The average Bonchev–Trinajstić information content (AvgIpc) is 2.92. The number of ether oxygens (including phenoxy) is 1. The fraction of sp³-hybridized carbons (Fsp3) is 1.00. The van der Waals surface area contributed by atoms with Crippen LogP contribution in [-0.4, -0.2) is 36.0 Å². The third-order valence-electron chi connectivity index (χ3n) is 2.71. The molecule has 1 rings (SSSR count). The van der Waals surface area contributed by atoms with E-state index in [0.717, 1.165) is 5.92 Å². The summed E-state index contributed by atoms with van der Waals surface area (Å²) in [6, 6.07) is 0. The average molecular weight is 215 g/mol. The Kier molecular flexibility index (Phi) is 4.56. The molecule has 0 aromatic heterocycles. The van der Waals surface area contributed by atoms with Crippen LogP contribution in [0.5, 0.6) is 0 Å². The van der Waals surface area contributed by atoms with Crippen LogP contribution in [0.1, 0.15) is 40.5 Å². The second-order valence-electron chi connectivity index (χ2n) is 5.66. The van der Waals surface area contributed by atoms with Crippen molar-refractivity contribution in [2.75, 3.05) is 13.2 Å². The second kappa shape index (κ2) is 5.28. The van der Waals surface area contributed by atoms with Crippen LogP contribution in [0.4, 0.5) is 0 Å². The maximum atomic E-state index is 9.68. The summed E-state index contributed by atoms with van der Waals surface area (Å²) in [6.07, 6.45) is 2.49. The highest BCUT2D eigenvalue weighted by Gasteiger charge is 2.28. The van der Waals surface area contributed by atoms with Gasteiger partial charge in [0.1, 0.15) is 0 Å². The molecule has 3 heteroatoms. The van der Waals surface area contributed by atoms with E-state index in [1.165, 1.54) is 12.8 Å². The lowest BCUT2D eigenvalue weighted by Crippen LogP contribution is -2.42. The summed E-state index contributed by atoms with van der Waals surface area (Å²) >= 11 is 0. The third-order valence-corrected chi connectivity index (χ3v) is 2.71. The SMILES string of the molecule is CC(OCC(O)CNC(C)(C)C)C1CC1. The van der Waals surface area contributed by atoms with Crippen LogP contribution in [0.15, 0.2) is 0 Å². The van der Waals surface area contributed by atoms with Crippen LogP contribution in [-0.2, 0) is 4.74 Å². The van der Waals surface area contributed by atoms with Gasteiger partial charge in [-0.25, -0.2) is 0 Å². The smallest absolute Gasteiger partial charge is 0.0898 e. The van der Waals surface area contributed by atoms with Crippen LogP contribution in [0.3, 0.4) is 0 Å². The predicted molar refractivity (Wildman–Crippen MR) is 61.9 cm³/mol. The molecule has 1 saturated carbocycles. The Morgan fingerprint density at radius 3 is 2.47 bits per heavy atom. The molecule has 0 aromatic carbocycles. The summed E-state index contributed by atoms with van der Waals surface area (Å²) in [4.78, 5) is 0. The molecule has 2 unspecified atom stereocenters. The topological polar surface area (TPSA) is 41.5 Å². The Hall–Kier alpha value is -0.120. The predicted octanol–water partition coefficient (Wildman–Crippen LogP) is 1.55. The number of β-amino-alcohol motifs (C(OH)–C–C–N with tert-alkyl or cyclic N) is 1. The number of aliphatic hydroxyl groups is 1. The number of hydrogen-bond acceptors (Lipinski definition) is 3. The Balaban J connectivity index is 2.04. The van der Waals surface area contributed by atoms with Crippen LogP contribution in [0, 0.1) is 5.92 Å². The summed E-state index contributed by atoms with van der Waals surface area (Å²) in [6.45, 7) is 9.41. The van der Waals surface area contributed by atoms with Gasteiger partial charge in [0, 0.05) is 12.1 Å². The highest BCUT2D eigenvalue weighted by Crippen LogP contribution is 2.33. The number of hydrogen-bond donors (Lipinski definition) is 2. The standard InChI is InChI=1S/C12H25NO2/c1-9(10-5-6-10)15-8-11(14)7-13-12(2,3)4/h9-11,13-14H,5-8H2,1-4H3. The van der Waals surface area contributed by atoms with Crippen molar-refractivity contribution in [2.24, 2.45) is 5.92 Å². The summed E-state index contributed by atoms with van der Waals surface area (Å²) in [5, 5.41) is 12.9. The third kappa shape index (κ3) is 6.13. The zero-order valence-electron chi connectivity index (χ0n) is 10.4. The van der Waals surface area contributed by atoms with Gasteiger partial charge in [-0.05, 0) is 46.5 Å². The van der Waals surface area contributed by atoms with E-state index in [-0.39, 0.29) is 5.54 Å². The normalized spacial score (nSPS) is 21.4. The van der Waals surface area contributed by atoms with Crippen molar-refractivity contribution in [3.63, 3.8) is 0 Å². The first-order valence-corrected chi connectivity index (χ1v) is 5.93. The Bertz CT molecular complexity index is 185. The van der Waals surface area contributed by atoms with Gasteiger partial charge in [-0.3, -0.25) is 0 Å². The van der Waals surface area contributed by atoms with E-state index in [1.807, 2.05) is 0 Å². The van der Waals surface area contributed by atoms with Crippen LogP contribution in [0.2, 0.25) is 0 Å². The van der Waals surface area contributed by atoms with Gasteiger partial charge in [-0.1, -0.05) is 0 Å². The summed E-state index contributed by atoms with van der Waals surface area (Å²) < 4.78 is 5.60. The molecule has 3 nitrogen and oxygen atoms in total. The molecule has 0 spiro atoms. The quantitative estimate of drug-likeness (QED) is 0.706. The van der Waals surface area contributed by atoms with Crippen LogP contribution < -0.4 is 5.32 Å². The minimum atomic E-state index is -0.398. The van der Waals surface area contributed by atoms with Gasteiger partial charge < -0.3 is 15.2 Å². The first-order chi connectivity index (χ1) is 6.88. The highest BCUT2D eigenvalue weighted by molar-refractivity contribution is 4.79. The number of nitrogens with one attached hydrogen (secondary N) is 1. The molecule has 1 aliphatic rings. The largest absolute Gasteiger partial charge is 0.389 e. The van der Waals surface area contributed by atoms with Crippen LogP contribution in [0.25, 0.3) is 0 Å². The molecule has 0 heterocycles. The lowest BCUT2D eigenvalue weighted by atomic mass is 10.1. The first kappa shape index (κ1) is 12.9. The number of rotatable bonds is 6. The molecule has 1 fully saturated rings. The van der Waals surface area contributed by atoms with Gasteiger partial charge in [-0.15, -0.1) is 0 Å². The van der Waals surface area contributed by atoms with Crippen molar-refractivity contribution in [3.8, 4) is 0 Å². The fourth-order valence-corrected chi connectivity index (χ4v) is 1.45. The van der Waals surface area contributed by atoms with Gasteiger partial charge in [0.15, 0.2) is 0 Å². The van der Waals surface area contributed by atoms with Crippen LogP contribution >= 0.6 is 0 Å². The second-order valence-corrected chi connectivity index (χ2v) is 5.66. The van der Waals surface area contributed by atoms with E-state index in [1.54, 1.807) is 0 Å². The monoisotopic (exact) mass is 215 g/mol. The maximum absolute atomic E-state index is 9.68. The summed E-state index contributed by atoms with van der Waals surface area (Å²) in [7, 11) is 0. The zero-order chi connectivity index (χ0) is 11.5. The highest BCUT2D eigenvalue weighted by atomic mass is 16.5. The zero-order valence-corrected chi connectivity index (χ0v) is 10.4. The summed E-state index contributed by atoms with van der Waals surface area (Å²) in [5.74, 6) is 0.743. The summed E-state index contributed by atoms with van der Waals surface area (Å²) in [5.41, 5.74) is 0.0586. The Morgan fingerprint density at radius 1 is 1.40 bits per heavy atom. The van der Waals surface area contributed by atoms with Crippen molar-refractivity contribution in [1.29, 1.82) is 0 Å². The van der Waals surface area contributed by atoms with E-state index < -0.39 is 6.10 Å². The van der Waals surface area contributed by atoms with Gasteiger partial charge in [0.05, 0.1) is 18.8 Å². The van der Waals surface area contributed by atoms with Crippen molar-refractivity contribution in [1.82, 2.24) is 5.32 Å². The molecule has 90 valence electrons. The molecule has 1 aliphatic carbocycles. The Labute approximate surface area is 93.2 Å². The molecule has 0 bridgehead atoms.